The number of aliphatic hydroxyl groups excluding tert-OH is 2. The first kappa shape index (κ1) is 24.0. The molecule has 33 heavy (non-hydrogen) atoms. The molecule has 0 aliphatic carbocycles. The Morgan fingerprint density at radius 1 is 1.24 bits per heavy atom. The third-order valence-electron chi connectivity index (χ3n) is 6.62. The molecule has 3 aromatic rings. The summed E-state index contributed by atoms with van der Waals surface area (Å²) in [6.07, 6.45) is 8.14. The number of rotatable bonds is 11. The molecule has 4 rings (SSSR count). The van der Waals surface area contributed by atoms with Crippen LogP contribution in [0.1, 0.15) is 37.4 Å². The zero-order valence-corrected chi connectivity index (χ0v) is 19.9. The fraction of sp³-hybridized carbons (Fsp3) is 0.520. The van der Waals surface area contributed by atoms with Crippen LogP contribution in [-0.2, 0) is 0 Å². The highest BCUT2D eigenvalue weighted by molar-refractivity contribution is 7.99. The van der Waals surface area contributed by atoms with E-state index >= 15 is 0 Å². The van der Waals surface area contributed by atoms with Crippen molar-refractivity contribution in [2.45, 2.75) is 37.0 Å². The summed E-state index contributed by atoms with van der Waals surface area (Å²) in [5, 5.41) is 22.7. The van der Waals surface area contributed by atoms with Crippen molar-refractivity contribution < 1.29 is 19.4 Å². The van der Waals surface area contributed by atoms with E-state index in [0.29, 0.717) is 12.3 Å². The zero-order chi connectivity index (χ0) is 23.0. The van der Waals surface area contributed by atoms with Gasteiger partial charge in [0.25, 0.3) is 5.22 Å². The number of likely N-dealkylation sites (tertiary alicyclic amines) is 1. The molecule has 7 nitrogen and oxygen atoms in total. The SMILES string of the molecule is COc1ccc2nccc([C@@H](O)CC[C@@H]3CCN(CCCSc4ncco4)C[C@@H]3CO)c2c1. The molecule has 1 aromatic carbocycles. The molecule has 0 spiro atoms. The third kappa shape index (κ3) is 6.26. The lowest BCUT2D eigenvalue weighted by molar-refractivity contribution is 0.0580. The highest BCUT2D eigenvalue weighted by Crippen LogP contribution is 2.33. The van der Waals surface area contributed by atoms with E-state index in [1.165, 1.54) is 0 Å². The van der Waals surface area contributed by atoms with Crippen molar-refractivity contribution in [3.05, 3.63) is 48.5 Å². The van der Waals surface area contributed by atoms with Gasteiger partial charge in [0.05, 0.1) is 24.9 Å². The molecular formula is C25H33N3O4S. The fourth-order valence-electron chi connectivity index (χ4n) is 4.77. The van der Waals surface area contributed by atoms with Gasteiger partial charge in [-0.2, -0.15) is 0 Å². The van der Waals surface area contributed by atoms with E-state index in [2.05, 4.69) is 14.9 Å². The third-order valence-corrected chi connectivity index (χ3v) is 7.56. The molecule has 3 heterocycles. The quantitative estimate of drug-likeness (QED) is 0.318. The van der Waals surface area contributed by atoms with E-state index in [-0.39, 0.29) is 12.5 Å². The first-order chi connectivity index (χ1) is 16.2. The van der Waals surface area contributed by atoms with Gasteiger partial charge in [-0.05, 0) is 80.4 Å². The molecule has 2 aromatic heterocycles. The van der Waals surface area contributed by atoms with E-state index in [1.807, 2.05) is 24.3 Å². The normalized spacial score (nSPS) is 20.2. The van der Waals surface area contributed by atoms with Crippen LogP contribution in [0.4, 0.5) is 0 Å². The van der Waals surface area contributed by atoms with Crippen LogP contribution in [0.2, 0.25) is 0 Å². The molecule has 178 valence electrons. The molecule has 1 aliphatic heterocycles. The Hall–Kier alpha value is -2.13. The van der Waals surface area contributed by atoms with Gasteiger partial charge in [-0.3, -0.25) is 4.98 Å². The van der Waals surface area contributed by atoms with Gasteiger partial charge in [-0.1, -0.05) is 11.8 Å². The average Bonchev–Trinajstić information content (AvgIpc) is 3.38. The van der Waals surface area contributed by atoms with Crippen LogP contribution in [0.3, 0.4) is 0 Å². The number of oxazole rings is 1. The van der Waals surface area contributed by atoms with Crippen molar-refractivity contribution in [2.75, 3.05) is 39.1 Å². The van der Waals surface area contributed by atoms with Gasteiger partial charge in [0.15, 0.2) is 0 Å². The minimum atomic E-state index is -0.563. The van der Waals surface area contributed by atoms with Crippen molar-refractivity contribution in [2.24, 2.45) is 11.8 Å². The molecule has 3 atom stereocenters. The fourth-order valence-corrected chi connectivity index (χ4v) is 5.47. The van der Waals surface area contributed by atoms with E-state index in [1.54, 1.807) is 37.5 Å². The minimum absolute atomic E-state index is 0.192. The van der Waals surface area contributed by atoms with Crippen LogP contribution in [-0.4, -0.2) is 64.2 Å². The van der Waals surface area contributed by atoms with Gasteiger partial charge in [-0.25, -0.2) is 4.98 Å². The number of hydrogen-bond acceptors (Lipinski definition) is 8. The summed E-state index contributed by atoms with van der Waals surface area (Å²) in [6.45, 7) is 3.16. The van der Waals surface area contributed by atoms with Gasteiger partial charge < -0.3 is 24.3 Å². The van der Waals surface area contributed by atoms with Crippen molar-refractivity contribution in [1.29, 1.82) is 0 Å². The number of hydrogen-bond donors (Lipinski definition) is 2. The summed E-state index contributed by atoms with van der Waals surface area (Å²) >= 11 is 1.64. The molecule has 0 unspecified atom stereocenters. The van der Waals surface area contributed by atoms with Gasteiger partial charge in [0, 0.05) is 30.5 Å². The van der Waals surface area contributed by atoms with E-state index < -0.39 is 6.10 Å². The van der Waals surface area contributed by atoms with Crippen molar-refractivity contribution in [3.8, 4) is 5.75 Å². The van der Waals surface area contributed by atoms with Crippen LogP contribution in [0.15, 0.2) is 52.6 Å². The summed E-state index contributed by atoms with van der Waals surface area (Å²) in [6, 6.07) is 7.65. The number of methoxy groups -OCH3 is 1. The first-order valence-electron chi connectivity index (χ1n) is 11.6. The second-order valence-corrected chi connectivity index (χ2v) is 9.71. The number of ether oxygens (including phenoxy) is 1. The van der Waals surface area contributed by atoms with Gasteiger partial charge in [0.2, 0.25) is 0 Å². The standard InChI is InChI=1S/C25H33N3O4S/c1-31-20-4-5-23-22(15-20)21(7-9-26-23)24(30)6-3-18-8-12-28(16-19(18)17-29)11-2-14-33-25-27-10-13-32-25/h4-5,7,9-10,13,15,18-19,24,29-30H,2-3,6,8,11-12,14,16-17H2,1H3/t18-,19-,24+/m1/s1. The Balaban J connectivity index is 1.27. The van der Waals surface area contributed by atoms with Gasteiger partial charge in [-0.15, -0.1) is 0 Å². The van der Waals surface area contributed by atoms with Crippen LogP contribution < -0.4 is 4.74 Å². The molecular weight excluding hydrogens is 438 g/mol. The summed E-state index contributed by atoms with van der Waals surface area (Å²) in [4.78, 5) is 11.0. The first-order valence-corrected chi connectivity index (χ1v) is 12.6. The molecule has 8 heteroatoms. The Bertz CT molecular complexity index is 1000. The molecule has 0 bridgehead atoms. The van der Waals surface area contributed by atoms with E-state index in [0.717, 1.165) is 72.1 Å². The lowest BCUT2D eigenvalue weighted by Gasteiger charge is -2.38. The Kier molecular flexibility index (Phi) is 8.61. The molecule has 0 amide bonds. The highest BCUT2D eigenvalue weighted by atomic mass is 32.2. The topological polar surface area (TPSA) is 91.9 Å². The number of benzene rings is 1. The average molecular weight is 472 g/mol. The minimum Gasteiger partial charge on any atom is -0.497 e. The number of aromatic nitrogens is 2. The maximum absolute atomic E-state index is 11.0. The Labute approximate surface area is 199 Å². The summed E-state index contributed by atoms with van der Waals surface area (Å²) in [5.74, 6) is 2.40. The second-order valence-electron chi connectivity index (χ2n) is 8.67. The number of pyridine rings is 1. The second kappa shape index (κ2) is 11.8. The smallest absolute Gasteiger partial charge is 0.255 e. The number of fused-ring (bicyclic) bond motifs is 1. The largest absolute Gasteiger partial charge is 0.497 e. The van der Waals surface area contributed by atoms with E-state index in [9.17, 15) is 10.2 Å². The van der Waals surface area contributed by atoms with Crippen molar-refractivity contribution >= 4 is 22.7 Å². The predicted molar refractivity (Wildman–Crippen MR) is 129 cm³/mol. The van der Waals surface area contributed by atoms with Crippen LogP contribution in [0.25, 0.3) is 10.9 Å². The summed E-state index contributed by atoms with van der Waals surface area (Å²) in [5.41, 5.74) is 1.75. The van der Waals surface area contributed by atoms with Crippen LogP contribution in [0.5, 0.6) is 5.75 Å². The highest BCUT2D eigenvalue weighted by Gasteiger charge is 2.29. The molecule has 1 saturated heterocycles. The summed E-state index contributed by atoms with van der Waals surface area (Å²) in [7, 11) is 1.64. The number of aliphatic hydroxyl groups is 2. The number of thioether (sulfide) groups is 1. The molecule has 1 fully saturated rings. The van der Waals surface area contributed by atoms with Gasteiger partial charge in [0.1, 0.15) is 12.0 Å². The molecule has 0 radical (unpaired) electrons. The molecule has 1 aliphatic rings. The number of piperidine rings is 1. The lowest BCUT2D eigenvalue weighted by atomic mass is 9.81. The van der Waals surface area contributed by atoms with E-state index in [4.69, 9.17) is 9.15 Å². The molecule has 2 N–H and O–H groups in total. The van der Waals surface area contributed by atoms with Gasteiger partial charge >= 0.3 is 0 Å². The lowest BCUT2D eigenvalue weighted by Crippen LogP contribution is -2.42. The summed E-state index contributed by atoms with van der Waals surface area (Å²) < 4.78 is 10.6. The monoisotopic (exact) mass is 471 g/mol. The van der Waals surface area contributed by atoms with Crippen LogP contribution in [0, 0.1) is 11.8 Å². The number of nitrogens with zero attached hydrogens (tertiary/aromatic N) is 3. The molecule has 0 saturated carbocycles. The van der Waals surface area contributed by atoms with Crippen molar-refractivity contribution in [1.82, 2.24) is 14.9 Å². The maximum atomic E-state index is 11.0. The zero-order valence-electron chi connectivity index (χ0n) is 19.1. The Morgan fingerprint density at radius 2 is 2.15 bits per heavy atom. The predicted octanol–water partition coefficient (Wildman–Crippen LogP) is 4.16. The van der Waals surface area contributed by atoms with Crippen molar-refractivity contribution in [3.63, 3.8) is 0 Å². The van der Waals surface area contributed by atoms with Crippen LogP contribution >= 0.6 is 11.8 Å². The maximum Gasteiger partial charge on any atom is 0.255 e. The Morgan fingerprint density at radius 3 is 2.94 bits per heavy atom.